The summed E-state index contributed by atoms with van der Waals surface area (Å²) in [6.07, 6.45) is 2.38. The van der Waals surface area contributed by atoms with Crippen LogP contribution in [0.3, 0.4) is 0 Å². The quantitative estimate of drug-likeness (QED) is 0.347. The monoisotopic (exact) mass is 504 g/mol. The number of methoxy groups -OCH3 is 3. The van der Waals surface area contributed by atoms with Crippen molar-refractivity contribution in [3.05, 3.63) is 78.5 Å². The van der Waals surface area contributed by atoms with Crippen LogP contribution < -0.4 is 19.1 Å². The molecule has 1 aromatic heterocycles. The van der Waals surface area contributed by atoms with Crippen LogP contribution in [-0.4, -0.2) is 47.8 Å². The molecule has 5 rings (SSSR count). The third-order valence-electron chi connectivity index (χ3n) is 6.75. The number of ether oxygens (including phenoxy) is 3. The highest BCUT2D eigenvalue weighted by molar-refractivity contribution is 7.91. The van der Waals surface area contributed by atoms with E-state index in [0.717, 1.165) is 13.0 Å². The lowest BCUT2D eigenvalue weighted by atomic mass is 9.99. The summed E-state index contributed by atoms with van der Waals surface area (Å²) in [7, 11) is 0.809. The van der Waals surface area contributed by atoms with Crippen LogP contribution in [0.4, 0.5) is 5.69 Å². The summed E-state index contributed by atoms with van der Waals surface area (Å²) >= 11 is 0. The van der Waals surface area contributed by atoms with E-state index in [2.05, 4.69) is 22.0 Å². The minimum absolute atomic E-state index is 0.168. The van der Waals surface area contributed by atoms with E-state index < -0.39 is 9.84 Å². The number of pyridine rings is 1. The fourth-order valence-electron chi connectivity index (χ4n) is 4.85. The molecule has 0 saturated carbocycles. The average molecular weight is 505 g/mol. The van der Waals surface area contributed by atoms with Gasteiger partial charge < -0.3 is 19.1 Å². The van der Waals surface area contributed by atoms with Crippen LogP contribution in [0.25, 0.3) is 10.9 Å². The van der Waals surface area contributed by atoms with Crippen molar-refractivity contribution in [2.75, 3.05) is 39.3 Å². The molecule has 0 radical (unpaired) electrons. The Hall–Kier alpha value is -3.78. The van der Waals surface area contributed by atoms with Crippen molar-refractivity contribution in [3.63, 3.8) is 0 Å². The molecule has 1 aliphatic rings. The highest BCUT2D eigenvalue weighted by atomic mass is 32.2. The van der Waals surface area contributed by atoms with Crippen LogP contribution in [0, 0.1) is 0 Å². The van der Waals surface area contributed by atoms with Gasteiger partial charge in [0.05, 0.1) is 37.4 Å². The number of sulfone groups is 1. The lowest BCUT2D eigenvalue weighted by Crippen LogP contribution is -2.22. The maximum atomic E-state index is 13.9. The van der Waals surface area contributed by atoms with Gasteiger partial charge in [0.25, 0.3) is 0 Å². The van der Waals surface area contributed by atoms with Gasteiger partial charge in [-0.25, -0.2) is 8.42 Å². The molecule has 4 aromatic rings. The molecule has 8 heteroatoms. The summed E-state index contributed by atoms with van der Waals surface area (Å²) in [5.41, 5.74) is 2.52. The van der Waals surface area contributed by atoms with E-state index >= 15 is 0 Å². The molecule has 0 N–H and O–H groups in total. The first-order valence-corrected chi connectivity index (χ1v) is 13.2. The summed E-state index contributed by atoms with van der Waals surface area (Å²) in [6.45, 7) is 1.42. The third-order valence-corrected chi connectivity index (χ3v) is 8.52. The van der Waals surface area contributed by atoms with Crippen molar-refractivity contribution in [2.24, 2.45) is 0 Å². The minimum atomic E-state index is -3.87. The van der Waals surface area contributed by atoms with E-state index in [1.165, 1.54) is 11.8 Å². The minimum Gasteiger partial charge on any atom is -0.497 e. The summed E-state index contributed by atoms with van der Waals surface area (Å²) in [4.78, 5) is 7.04. The topological polar surface area (TPSA) is 78.0 Å². The van der Waals surface area contributed by atoms with Gasteiger partial charge in [0, 0.05) is 36.7 Å². The number of fused-ring (bicyclic) bond motifs is 1. The molecule has 3 aromatic carbocycles. The SMILES string of the molecule is COc1ccc(S(=O)(=O)c2cnc3cc(OC)c(OC)cc3c2N2CCC(c3ccccc3)C2)cc1. The molecule has 2 heterocycles. The van der Waals surface area contributed by atoms with Gasteiger partial charge in [0.1, 0.15) is 10.6 Å². The molecule has 0 spiro atoms. The van der Waals surface area contributed by atoms with E-state index in [4.69, 9.17) is 14.2 Å². The number of hydrogen-bond acceptors (Lipinski definition) is 7. The summed E-state index contributed by atoms with van der Waals surface area (Å²) in [5.74, 6) is 1.95. The standard InChI is InChI=1S/C28H28N2O5S/c1-33-21-9-11-22(12-10-21)36(31,32)27-17-29-24-16-26(35-3)25(34-2)15-23(24)28(27)30-14-13-20(18-30)19-7-5-4-6-8-19/h4-12,15-17,20H,13-14,18H2,1-3H3. The lowest BCUT2D eigenvalue weighted by Gasteiger charge is -2.24. The maximum Gasteiger partial charge on any atom is 0.210 e. The molecule has 7 nitrogen and oxygen atoms in total. The van der Waals surface area contributed by atoms with Gasteiger partial charge in [-0.05, 0) is 42.3 Å². The van der Waals surface area contributed by atoms with Crippen LogP contribution in [-0.2, 0) is 9.84 Å². The van der Waals surface area contributed by atoms with E-state index in [0.29, 0.717) is 46.3 Å². The van der Waals surface area contributed by atoms with Gasteiger partial charge in [0.15, 0.2) is 11.5 Å². The fourth-order valence-corrected chi connectivity index (χ4v) is 6.29. The zero-order chi connectivity index (χ0) is 25.3. The van der Waals surface area contributed by atoms with Gasteiger partial charge in [-0.3, -0.25) is 4.98 Å². The molecule has 1 unspecified atom stereocenters. The Morgan fingerprint density at radius 1 is 0.889 bits per heavy atom. The molecule has 0 bridgehead atoms. The second kappa shape index (κ2) is 9.70. The Morgan fingerprint density at radius 3 is 2.25 bits per heavy atom. The zero-order valence-corrected chi connectivity index (χ0v) is 21.3. The lowest BCUT2D eigenvalue weighted by molar-refractivity contribution is 0.356. The molecule has 36 heavy (non-hydrogen) atoms. The Morgan fingerprint density at radius 2 is 1.58 bits per heavy atom. The molecular weight excluding hydrogens is 476 g/mol. The molecule has 1 aliphatic heterocycles. The number of anilines is 1. The average Bonchev–Trinajstić information content (AvgIpc) is 3.42. The smallest absolute Gasteiger partial charge is 0.210 e. The van der Waals surface area contributed by atoms with E-state index in [9.17, 15) is 8.42 Å². The summed E-state index contributed by atoms with van der Waals surface area (Å²) in [6, 6.07) is 20.4. The van der Waals surface area contributed by atoms with Crippen LogP contribution >= 0.6 is 0 Å². The second-order valence-corrected chi connectivity index (χ2v) is 10.6. The van der Waals surface area contributed by atoms with Gasteiger partial charge >= 0.3 is 0 Å². The van der Waals surface area contributed by atoms with Gasteiger partial charge in [-0.15, -0.1) is 0 Å². The van der Waals surface area contributed by atoms with Crippen molar-refractivity contribution >= 4 is 26.4 Å². The van der Waals surface area contributed by atoms with E-state index in [1.807, 2.05) is 24.3 Å². The Bertz CT molecular complexity index is 1490. The van der Waals surface area contributed by atoms with Crippen molar-refractivity contribution in [1.82, 2.24) is 4.98 Å². The van der Waals surface area contributed by atoms with Gasteiger partial charge in [-0.2, -0.15) is 0 Å². The van der Waals surface area contributed by atoms with Crippen LogP contribution in [0.5, 0.6) is 17.2 Å². The van der Waals surface area contributed by atoms with Crippen molar-refractivity contribution in [2.45, 2.75) is 22.1 Å². The largest absolute Gasteiger partial charge is 0.497 e. The van der Waals surface area contributed by atoms with Crippen LogP contribution in [0.1, 0.15) is 17.9 Å². The predicted molar refractivity (Wildman–Crippen MR) is 139 cm³/mol. The number of aromatic nitrogens is 1. The Labute approximate surface area is 211 Å². The zero-order valence-electron chi connectivity index (χ0n) is 20.5. The first kappa shape index (κ1) is 23.9. The Kier molecular flexibility index (Phi) is 6.45. The molecule has 0 amide bonds. The molecule has 186 valence electrons. The second-order valence-electron chi connectivity index (χ2n) is 8.72. The third kappa shape index (κ3) is 4.22. The highest BCUT2D eigenvalue weighted by Crippen LogP contribution is 2.43. The summed E-state index contributed by atoms with van der Waals surface area (Å²) in [5, 5.41) is 0.705. The predicted octanol–water partition coefficient (Wildman–Crippen LogP) is 5.09. The molecule has 1 atom stereocenters. The van der Waals surface area contributed by atoms with Crippen molar-refractivity contribution < 1.29 is 22.6 Å². The molecule has 1 fully saturated rings. The summed E-state index contributed by atoms with van der Waals surface area (Å²) < 4.78 is 44.1. The number of nitrogens with zero attached hydrogens (tertiary/aromatic N) is 2. The normalized spacial score (nSPS) is 15.8. The van der Waals surface area contributed by atoms with E-state index in [-0.39, 0.29) is 9.79 Å². The number of benzene rings is 3. The van der Waals surface area contributed by atoms with Gasteiger partial charge in [-0.1, -0.05) is 30.3 Å². The molecule has 1 saturated heterocycles. The molecule has 0 aliphatic carbocycles. The highest BCUT2D eigenvalue weighted by Gasteiger charge is 2.32. The van der Waals surface area contributed by atoms with Crippen LogP contribution in [0.15, 0.2) is 82.7 Å². The van der Waals surface area contributed by atoms with Crippen LogP contribution in [0.2, 0.25) is 0 Å². The van der Waals surface area contributed by atoms with Crippen molar-refractivity contribution in [3.8, 4) is 17.2 Å². The first-order valence-electron chi connectivity index (χ1n) is 11.7. The van der Waals surface area contributed by atoms with Crippen molar-refractivity contribution in [1.29, 1.82) is 0 Å². The first-order chi connectivity index (χ1) is 17.5. The fraction of sp³-hybridized carbons (Fsp3) is 0.250. The van der Waals surface area contributed by atoms with E-state index in [1.54, 1.807) is 51.7 Å². The molecular formula is C28H28N2O5S. The maximum absolute atomic E-state index is 13.9. The number of hydrogen-bond donors (Lipinski definition) is 0. The Balaban J connectivity index is 1.69. The number of rotatable bonds is 7. The van der Waals surface area contributed by atoms with Gasteiger partial charge in [0.2, 0.25) is 9.84 Å².